The molecule has 0 aliphatic carbocycles. The molecule has 1 fully saturated rings. The lowest BCUT2D eigenvalue weighted by Gasteiger charge is -2.00. The first-order chi connectivity index (χ1) is 7.91. The van der Waals surface area contributed by atoms with Crippen LogP contribution in [-0.2, 0) is 4.74 Å². The van der Waals surface area contributed by atoms with Gasteiger partial charge in [-0.15, -0.1) is 0 Å². The molecule has 1 saturated heterocycles. The number of rotatable bonds is 10. The lowest BCUT2D eigenvalue weighted by molar-refractivity contribution is 0.475. The molecule has 0 bridgehead atoms. The van der Waals surface area contributed by atoms with Crippen molar-refractivity contribution in [1.29, 1.82) is 0 Å². The molecule has 0 unspecified atom stereocenters. The quantitative estimate of drug-likeness (QED) is 0.456. The molecule has 2 nitrogen and oxygen atoms in total. The van der Waals surface area contributed by atoms with Crippen LogP contribution in [0.15, 0.2) is 0 Å². The van der Waals surface area contributed by atoms with Crippen LogP contribution in [0.25, 0.3) is 0 Å². The lowest BCUT2D eigenvalue weighted by Crippen LogP contribution is -1.97. The summed E-state index contributed by atoms with van der Waals surface area (Å²) in [6.07, 6.45) is 13.9. The van der Waals surface area contributed by atoms with Crippen molar-refractivity contribution in [3.8, 4) is 0 Å². The van der Waals surface area contributed by atoms with Gasteiger partial charge in [-0.3, -0.25) is 0 Å². The number of epoxide rings is 1. The van der Waals surface area contributed by atoms with Crippen LogP contribution in [0.4, 0.5) is 0 Å². The highest BCUT2D eigenvalue weighted by Gasteiger charge is 1.94. The second-order valence-corrected chi connectivity index (χ2v) is 4.58. The summed E-state index contributed by atoms with van der Waals surface area (Å²) in [6.45, 7) is 5.14. The summed E-state index contributed by atoms with van der Waals surface area (Å²) < 4.78 is 4.50. The van der Waals surface area contributed by atoms with Gasteiger partial charge in [-0.2, -0.15) is 0 Å². The molecular weight excluding hydrogens is 198 g/mol. The Labute approximate surface area is 102 Å². The summed E-state index contributed by atoms with van der Waals surface area (Å²) in [7, 11) is 0. The SMILES string of the molecule is C1CO1.CCCCCCCCCCCCN. The van der Waals surface area contributed by atoms with Crippen molar-refractivity contribution < 1.29 is 4.74 Å². The summed E-state index contributed by atoms with van der Waals surface area (Å²) in [6, 6.07) is 0. The van der Waals surface area contributed by atoms with E-state index in [2.05, 4.69) is 11.7 Å². The smallest absolute Gasteiger partial charge is 0.0701 e. The first-order valence-electron chi connectivity index (χ1n) is 7.19. The van der Waals surface area contributed by atoms with Crippen molar-refractivity contribution in [2.45, 2.75) is 71.1 Å². The van der Waals surface area contributed by atoms with Crippen LogP contribution in [0.2, 0.25) is 0 Å². The third-order valence-electron chi connectivity index (χ3n) is 2.76. The Hall–Kier alpha value is -0.0800. The molecule has 98 valence electrons. The molecular formula is C14H31NO. The Morgan fingerprint density at radius 2 is 1.12 bits per heavy atom. The maximum atomic E-state index is 5.42. The number of hydrogen-bond donors (Lipinski definition) is 1. The van der Waals surface area contributed by atoms with Gasteiger partial charge in [0.05, 0.1) is 13.2 Å². The molecule has 2 heteroatoms. The van der Waals surface area contributed by atoms with Gasteiger partial charge in [-0.1, -0.05) is 64.7 Å². The highest BCUT2D eigenvalue weighted by Crippen LogP contribution is 2.09. The Kier molecular flexibility index (Phi) is 14.8. The third-order valence-corrected chi connectivity index (χ3v) is 2.76. The number of unbranched alkanes of at least 4 members (excludes halogenated alkanes) is 9. The minimum absolute atomic E-state index is 0.872. The van der Waals surface area contributed by atoms with E-state index in [0.717, 1.165) is 19.8 Å². The van der Waals surface area contributed by atoms with Crippen molar-refractivity contribution >= 4 is 0 Å². The monoisotopic (exact) mass is 229 g/mol. The van der Waals surface area contributed by atoms with E-state index in [1.165, 1.54) is 64.2 Å². The fourth-order valence-electron chi connectivity index (χ4n) is 1.63. The molecule has 1 heterocycles. The summed E-state index contributed by atoms with van der Waals surface area (Å²) in [4.78, 5) is 0. The van der Waals surface area contributed by atoms with Gasteiger partial charge >= 0.3 is 0 Å². The number of hydrogen-bond acceptors (Lipinski definition) is 2. The van der Waals surface area contributed by atoms with Crippen molar-refractivity contribution in [1.82, 2.24) is 0 Å². The number of ether oxygens (including phenoxy) is 1. The molecule has 1 rings (SSSR count). The van der Waals surface area contributed by atoms with Gasteiger partial charge in [0.15, 0.2) is 0 Å². The molecule has 0 aromatic heterocycles. The molecule has 1 aliphatic rings. The zero-order valence-electron chi connectivity index (χ0n) is 11.2. The van der Waals surface area contributed by atoms with Gasteiger partial charge in [0.2, 0.25) is 0 Å². The zero-order chi connectivity index (χ0) is 11.9. The molecule has 0 radical (unpaired) electrons. The molecule has 1 aliphatic heterocycles. The minimum Gasteiger partial charge on any atom is -0.377 e. The molecule has 0 amide bonds. The average molecular weight is 229 g/mol. The van der Waals surface area contributed by atoms with E-state index in [-0.39, 0.29) is 0 Å². The number of nitrogens with two attached hydrogens (primary N) is 1. The minimum atomic E-state index is 0.872. The first-order valence-corrected chi connectivity index (χ1v) is 7.19. The molecule has 16 heavy (non-hydrogen) atoms. The van der Waals surface area contributed by atoms with Crippen molar-refractivity contribution in [2.75, 3.05) is 19.8 Å². The summed E-state index contributed by atoms with van der Waals surface area (Å²) >= 11 is 0. The molecule has 2 N–H and O–H groups in total. The standard InChI is InChI=1S/C12H27N.C2H4O/c1-2-3-4-5-6-7-8-9-10-11-12-13;1-2-3-1/h2-13H2,1H3;1-2H2. The van der Waals surface area contributed by atoms with Gasteiger partial charge in [0.25, 0.3) is 0 Å². The third kappa shape index (κ3) is 19.5. The van der Waals surface area contributed by atoms with Crippen LogP contribution in [-0.4, -0.2) is 19.8 Å². The maximum Gasteiger partial charge on any atom is 0.0701 e. The Morgan fingerprint density at radius 1 is 0.750 bits per heavy atom. The fourth-order valence-corrected chi connectivity index (χ4v) is 1.63. The second-order valence-electron chi connectivity index (χ2n) is 4.58. The van der Waals surface area contributed by atoms with Crippen LogP contribution in [0.5, 0.6) is 0 Å². The predicted molar refractivity (Wildman–Crippen MR) is 71.7 cm³/mol. The van der Waals surface area contributed by atoms with E-state index >= 15 is 0 Å². The van der Waals surface area contributed by atoms with E-state index < -0.39 is 0 Å². The van der Waals surface area contributed by atoms with E-state index in [1.54, 1.807) is 0 Å². The van der Waals surface area contributed by atoms with Crippen LogP contribution in [0, 0.1) is 0 Å². The van der Waals surface area contributed by atoms with Gasteiger partial charge in [0, 0.05) is 0 Å². The summed E-state index contributed by atoms with van der Waals surface area (Å²) in [5.74, 6) is 0. The highest BCUT2D eigenvalue weighted by molar-refractivity contribution is 4.47. The van der Waals surface area contributed by atoms with Gasteiger partial charge < -0.3 is 10.5 Å². The van der Waals surface area contributed by atoms with Crippen LogP contribution >= 0.6 is 0 Å². The van der Waals surface area contributed by atoms with Crippen molar-refractivity contribution in [2.24, 2.45) is 5.73 Å². The molecule has 0 saturated carbocycles. The van der Waals surface area contributed by atoms with Crippen LogP contribution in [0.3, 0.4) is 0 Å². The van der Waals surface area contributed by atoms with Gasteiger partial charge in [-0.05, 0) is 13.0 Å². The Bertz CT molecular complexity index is 103. The van der Waals surface area contributed by atoms with E-state index in [1.807, 2.05) is 0 Å². The fraction of sp³-hybridized carbons (Fsp3) is 1.00. The zero-order valence-corrected chi connectivity index (χ0v) is 11.2. The first kappa shape index (κ1) is 15.9. The van der Waals surface area contributed by atoms with E-state index in [4.69, 9.17) is 5.73 Å². The average Bonchev–Trinajstić information content (AvgIpc) is 3.14. The maximum absolute atomic E-state index is 5.42. The molecule has 0 aromatic rings. The molecule has 0 spiro atoms. The van der Waals surface area contributed by atoms with Crippen LogP contribution in [0.1, 0.15) is 71.1 Å². The van der Waals surface area contributed by atoms with Crippen molar-refractivity contribution in [3.63, 3.8) is 0 Å². The van der Waals surface area contributed by atoms with Gasteiger partial charge in [-0.25, -0.2) is 0 Å². The lowest BCUT2D eigenvalue weighted by atomic mass is 10.1. The predicted octanol–water partition coefficient (Wildman–Crippen LogP) is 3.88. The Morgan fingerprint density at radius 3 is 1.44 bits per heavy atom. The highest BCUT2D eigenvalue weighted by atomic mass is 16.6. The van der Waals surface area contributed by atoms with E-state index in [9.17, 15) is 0 Å². The Balaban J connectivity index is 0.000000635. The summed E-state index contributed by atoms with van der Waals surface area (Å²) in [5, 5.41) is 0. The molecule has 0 atom stereocenters. The van der Waals surface area contributed by atoms with Crippen LogP contribution < -0.4 is 5.73 Å². The topological polar surface area (TPSA) is 38.5 Å². The van der Waals surface area contributed by atoms with Gasteiger partial charge in [0.1, 0.15) is 0 Å². The van der Waals surface area contributed by atoms with E-state index in [0.29, 0.717) is 0 Å². The van der Waals surface area contributed by atoms with Crippen molar-refractivity contribution in [3.05, 3.63) is 0 Å². The molecule has 0 aromatic carbocycles. The second kappa shape index (κ2) is 14.9. The summed E-state index contributed by atoms with van der Waals surface area (Å²) in [5.41, 5.74) is 5.42. The normalized spacial score (nSPS) is 13.1. The largest absolute Gasteiger partial charge is 0.377 e.